The Bertz CT molecular complexity index is 630. The molecule has 1 amide bonds. The minimum absolute atomic E-state index is 0.0752. The van der Waals surface area contributed by atoms with Crippen molar-refractivity contribution in [1.82, 2.24) is 10.3 Å². The molecule has 1 aromatic heterocycles. The van der Waals surface area contributed by atoms with Gasteiger partial charge in [-0.2, -0.15) is 11.8 Å². The second-order valence-electron chi connectivity index (χ2n) is 5.11. The quantitative estimate of drug-likeness (QED) is 0.686. The van der Waals surface area contributed by atoms with Crippen LogP contribution in [0.15, 0.2) is 18.2 Å². The highest BCUT2D eigenvalue weighted by molar-refractivity contribution is 7.98. The number of aliphatic hydroxyl groups excluding tert-OH is 1. The van der Waals surface area contributed by atoms with E-state index in [0.29, 0.717) is 17.2 Å². The van der Waals surface area contributed by atoms with Crippen LogP contribution in [0, 0.1) is 0 Å². The van der Waals surface area contributed by atoms with Gasteiger partial charge in [-0.25, -0.2) is 0 Å². The molecule has 0 fully saturated rings. The van der Waals surface area contributed by atoms with Crippen molar-refractivity contribution in [3.05, 3.63) is 23.9 Å². The normalized spacial score (nSPS) is 12.2. The van der Waals surface area contributed by atoms with Crippen LogP contribution in [0.25, 0.3) is 10.9 Å². The van der Waals surface area contributed by atoms with Crippen LogP contribution in [-0.2, 0) is 0 Å². The van der Waals surface area contributed by atoms with Crippen molar-refractivity contribution in [3.8, 4) is 11.5 Å². The van der Waals surface area contributed by atoms with Gasteiger partial charge < -0.3 is 24.9 Å². The third-order valence-corrected chi connectivity index (χ3v) is 4.24. The minimum Gasteiger partial charge on any atom is -0.493 e. The van der Waals surface area contributed by atoms with Crippen molar-refractivity contribution in [2.24, 2.45) is 0 Å². The molecule has 6 nitrogen and oxygen atoms in total. The van der Waals surface area contributed by atoms with Crippen molar-refractivity contribution in [3.63, 3.8) is 0 Å². The average Bonchev–Trinajstić information content (AvgIpc) is 2.99. The van der Waals surface area contributed by atoms with E-state index in [1.807, 2.05) is 12.3 Å². The number of fused-ring (bicyclic) bond motifs is 1. The van der Waals surface area contributed by atoms with E-state index in [1.165, 1.54) is 0 Å². The molecule has 2 aromatic rings. The van der Waals surface area contributed by atoms with E-state index in [4.69, 9.17) is 9.47 Å². The number of H-pyrrole nitrogens is 1. The molecular formula is C16H22N2O4S. The average molecular weight is 338 g/mol. The molecule has 23 heavy (non-hydrogen) atoms. The van der Waals surface area contributed by atoms with Gasteiger partial charge in [0.25, 0.3) is 5.91 Å². The van der Waals surface area contributed by atoms with Gasteiger partial charge in [0.1, 0.15) is 5.69 Å². The van der Waals surface area contributed by atoms with Gasteiger partial charge >= 0.3 is 0 Å². The summed E-state index contributed by atoms with van der Waals surface area (Å²) in [6.45, 7) is -0.0752. The topological polar surface area (TPSA) is 83.6 Å². The van der Waals surface area contributed by atoms with Crippen LogP contribution in [0.4, 0.5) is 0 Å². The van der Waals surface area contributed by atoms with Crippen LogP contribution in [0.3, 0.4) is 0 Å². The van der Waals surface area contributed by atoms with E-state index in [1.54, 1.807) is 38.1 Å². The van der Waals surface area contributed by atoms with Crippen molar-refractivity contribution >= 4 is 28.6 Å². The molecule has 126 valence electrons. The Labute approximate surface area is 139 Å². The maximum Gasteiger partial charge on any atom is 0.268 e. The highest BCUT2D eigenvalue weighted by Crippen LogP contribution is 2.32. The Morgan fingerprint density at radius 3 is 2.61 bits per heavy atom. The number of ether oxygens (including phenoxy) is 2. The van der Waals surface area contributed by atoms with E-state index in [2.05, 4.69) is 10.3 Å². The molecule has 0 bridgehead atoms. The van der Waals surface area contributed by atoms with Gasteiger partial charge in [-0.05, 0) is 30.6 Å². The first-order chi connectivity index (χ1) is 11.1. The smallest absolute Gasteiger partial charge is 0.268 e. The van der Waals surface area contributed by atoms with Crippen LogP contribution in [-0.4, -0.2) is 54.9 Å². The maximum atomic E-state index is 12.3. The molecule has 0 radical (unpaired) electrons. The number of methoxy groups -OCH3 is 2. The molecule has 1 heterocycles. The fourth-order valence-electron chi connectivity index (χ4n) is 2.31. The van der Waals surface area contributed by atoms with Gasteiger partial charge in [-0.1, -0.05) is 0 Å². The summed E-state index contributed by atoms with van der Waals surface area (Å²) in [6.07, 6.45) is 2.72. The van der Waals surface area contributed by atoms with Gasteiger partial charge in [-0.15, -0.1) is 0 Å². The van der Waals surface area contributed by atoms with Crippen LogP contribution in [0.5, 0.6) is 11.5 Å². The molecular weight excluding hydrogens is 316 g/mol. The van der Waals surface area contributed by atoms with E-state index in [-0.39, 0.29) is 18.6 Å². The zero-order chi connectivity index (χ0) is 16.8. The number of aromatic nitrogens is 1. The number of aliphatic hydroxyl groups is 1. The number of nitrogens with one attached hydrogen (secondary N) is 2. The van der Waals surface area contributed by atoms with Crippen LogP contribution < -0.4 is 14.8 Å². The van der Waals surface area contributed by atoms with Crippen molar-refractivity contribution in [2.45, 2.75) is 12.5 Å². The number of carbonyl (C=O) groups excluding carboxylic acids is 1. The fourth-order valence-corrected chi connectivity index (χ4v) is 2.83. The number of rotatable bonds is 8. The van der Waals surface area contributed by atoms with E-state index >= 15 is 0 Å². The first kappa shape index (κ1) is 17.5. The zero-order valence-electron chi connectivity index (χ0n) is 13.5. The molecule has 1 aromatic carbocycles. The van der Waals surface area contributed by atoms with Gasteiger partial charge in [0.05, 0.1) is 26.9 Å². The summed E-state index contributed by atoms with van der Waals surface area (Å²) in [5.41, 5.74) is 1.23. The molecule has 0 aliphatic heterocycles. The van der Waals surface area contributed by atoms with Crippen LogP contribution in [0.1, 0.15) is 16.9 Å². The van der Waals surface area contributed by atoms with Crippen molar-refractivity contribution in [1.29, 1.82) is 0 Å². The van der Waals surface area contributed by atoms with E-state index in [9.17, 15) is 9.90 Å². The highest BCUT2D eigenvalue weighted by atomic mass is 32.2. The second-order valence-corrected chi connectivity index (χ2v) is 6.10. The first-order valence-corrected chi connectivity index (χ1v) is 8.67. The number of aromatic amines is 1. The minimum atomic E-state index is -0.245. The molecule has 1 atom stereocenters. The summed E-state index contributed by atoms with van der Waals surface area (Å²) in [5.74, 6) is 1.85. The lowest BCUT2D eigenvalue weighted by molar-refractivity contribution is 0.0911. The largest absolute Gasteiger partial charge is 0.493 e. The summed E-state index contributed by atoms with van der Waals surface area (Å²) in [7, 11) is 3.14. The molecule has 0 saturated carbocycles. The zero-order valence-corrected chi connectivity index (χ0v) is 14.3. The standard InChI is InChI=1S/C16H22N2O4S/c1-21-14-7-10-6-13(18-12(10)8-15(14)22-2)16(20)17-11(9-19)4-5-23-3/h6-8,11,18-19H,4-5,9H2,1-3H3,(H,17,20)/t11-/m0/s1. The predicted molar refractivity (Wildman–Crippen MR) is 92.7 cm³/mol. The Kier molecular flexibility index (Phi) is 6.18. The lowest BCUT2D eigenvalue weighted by Crippen LogP contribution is -2.38. The second kappa shape index (κ2) is 8.12. The summed E-state index contributed by atoms with van der Waals surface area (Å²) in [5, 5.41) is 13.1. The number of benzene rings is 1. The lowest BCUT2D eigenvalue weighted by Gasteiger charge is -2.14. The molecule has 2 rings (SSSR count). The van der Waals surface area contributed by atoms with Crippen LogP contribution >= 0.6 is 11.8 Å². The lowest BCUT2D eigenvalue weighted by atomic mass is 10.2. The summed E-state index contributed by atoms with van der Waals surface area (Å²) >= 11 is 1.68. The van der Waals surface area contributed by atoms with Gasteiger partial charge in [0, 0.05) is 17.0 Å². The third-order valence-electron chi connectivity index (χ3n) is 3.60. The predicted octanol–water partition coefficient (Wildman–Crippen LogP) is 2.03. The summed E-state index contributed by atoms with van der Waals surface area (Å²) in [4.78, 5) is 15.4. The number of hydrogen-bond acceptors (Lipinski definition) is 5. The Balaban J connectivity index is 2.20. The Morgan fingerprint density at radius 1 is 1.30 bits per heavy atom. The molecule has 7 heteroatoms. The molecule has 0 spiro atoms. The molecule has 0 aliphatic rings. The third kappa shape index (κ3) is 4.11. The molecule has 0 saturated heterocycles. The van der Waals surface area contributed by atoms with Gasteiger partial charge in [0.15, 0.2) is 11.5 Å². The number of thioether (sulfide) groups is 1. The fraction of sp³-hybridized carbons (Fsp3) is 0.438. The maximum absolute atomic E-state index is 12.3. The van der Waals surface area contributed by atoms with E-state index < -0.39 is 0 Å². The SMILES string of the molecule is COc1cc2cc(C(=O)N[C@H](CO)CCSC)[nH]c2cc1OC. The van der Waals surface area contributed by atoms with Gasteiger partial charge in [0.2, 0.25) is 0 Å². The number of amides is 1. The number of carbonyl (C=O) groups is 1. The Morgan fingerprint density at radius 2 is 2.00 bits per heavy atom. The van der Waals surface area contributed by atoms with Crippen molar-refractivity contribution in [2.75, 3.05) is 32.8 Å². The molecule has 0 aliphatic carbocycles. The van der Waals surface area contributed by atoms with Crippen molar-refractivity contribution < 1.29 is 19.4 Å². The van der Waals surface area contributed by atoms with Gasteiger partial charge in [-0.3, -0.25) is 4.79 Å². The number of hydrogen-bond donors (Lipinski definition) is 3. The monoisotopic (exact) mass is 338 g/mol. The summed E-state index contributed by atoms with van der Waals surface area (Å²) in [6, 6.07) is 5.13. The van der Waals surface area contributed by atoms with E-state index in [0.717, 1.165) is 23.1 Å². The Hall–Kier alpha value is -1.86. The first-order valence-electron chi connectivity index (χ1n) is 7.28. The highest BCUT2D eigenvalue weighted by Gasteiger charge is 2.16. The molecule has 0 unspecified atom stereocenters. The summed E-state index contributed by atoms with van der Waals surface area (Å²) < 4.78 is 10.5. The molecule has 3 N–H and O–H groups in total. The van der Waals surface area contributed by atoms with Crippen LogP contribution in [0.2, 0.25) is 0 Å².